The molecule has 3 aromatic rings. The summed E-state index contributed by atoms with van der Waals surface area (Å²) in [5.41, 5.74) is 2.73. The molecule has 4 rings (SSSR count). The minimum atomic E-state index is -0.966. The lowest BCUT2D eigenvalue weighted by atomic mass is 10.1. The molecule has 7 nitrogen and oxygen atoms in total. The van der Waals surface area contributed by atoms with E-state index in [1.807, 2.05) is 60.7 Å². The van der Waals surface area contributed by atoms with Crippen molar-refractivity contribution in [3.05, 3.63) is 72.4 Å². The van der Waals surface area contributed by atoms with Crippen molar-refractivity contribution < 1.29 is 19.4 Å². The summed E-state index contributed by atoms with van der Waals surface area (Å²) in [4.78, 5) is 26.4. The number of amides is 1. The zero-order valence-corrected chi connectivity index (χ0v) is 15.8. The molecule has 148 valence electrons. The fourth-order valence-electron chi connectivity index (χ4n) is 3.36. The number of carbonyl (C=O) groups excluding carboxylic acids is 1. The van der Waals surface area contributed by atoms with Crippen molar-refractivity contribution >= 4 is 11.9 Å². The fourth-order valence-corrected chi connectivity index (χ4v) is 3.36. The van der Waals surface area contributed by atoms with Crippen molar-refractivity contribution in [2.45, 2.75) is 0 Å². The summed E-state index contributed by atoms with van der Waals surface area (Å²) < 4.78 is 6.99. The summed E-state index contributed by atoms with van der Waals surface area (Å²) >= 11 is 0. The molecule has 0 spiro atoms. The molecule has 0 saturated carbocycles. The van der Waals surface area contributed by atoms with Crippen LogP contribution in [-0.4, -0.2) is 58.0 Å². The third-order valence-corrected chi connectivity index (χ3v) is 4.90. The van der Waals surface area contributed by atoms with E-state index < -0.39 is 11.9 Å². The number of carboxylic acid groups (broad SMARTS) is 1. The quantitative estimate of drug-likeness (QED) is 0.739. The molecule has 7 heteroatoms. The Morgan fingerprint density at radius 1 is 1.03 bits per heavy atom. The van der Waals surface area contributed by atoms with Crippen molar-refractivity contribution in [2.24, 2.45) is 5.92 Å². The lowest BCUT2D eigenvalue weighted by Gasteiger charge is -2.22. The van der Waals surface area contributed by atoms with Gasteiger partial charge in [0.15, 0.2) is 0 Å². The predicted octanol–water partition coefficient (Wildman–Crippen LogP) is 2.71. The normalized spacial score (nSPS) is 17.0. The van der Waals surface area contributed by atoms with Crippen LogP contribution >= 0.6 is 0 Å². The van der Waals surface area contributed by atoms with Gasteiger partial charge in [-0.25, -0.2) is 4.68 Å². The van der Waals surface area contributed by atoms with Gasteiger partial charge in [0.25, 0.3) is 5.91 Å². The predicted molar refractivity (Wildman–Crippen MR) is 107 cm³/mol. The Morgan fingerprint density at radius 2 is 1.72 bits per heavy atom. The standard InChI is InChI=1S/C22H21N3O4/c26-21(24-11-12-29-15-17(14-24)22(27)28)20-13-19(16-7-3-1-4-8-16)23-25(20)18-9-5-2-6-10-18/h1-10,13,17H,11-12,14-15H2,(H,27,28). The first-order valence-corrected chi connectivity index (χ1v) is 9.44. The van der Waals surface area contributed by atoms with Gasteiger partial charge in [0.2, 0.25) is 0 Å². The molecule has 29 heavy (non-hydrogen) atoms. The zero-order valence-electron chi connectivity index (χ0n) is 15.8. The Kier molecular flexibility index (Phi) is 5.39. The number of carboxylic acids is 1. The van der Waals surface area contributed by atoms with Gasteiger partial charge in [0, 0.05) is 18.7 Å². The number of aliphatic carboxylic acids is 1. The van der Waals surface area contributed by atoms with Crippen molar-refractivity contribution in [1.82, 2.24) is 14.7 Å². The van der Waals surface area contributed by atoms with E-state index in [1.165, 1.54) is 4.90 Å². The number of benzene rings is 2. The lowest BCUT2D eigenvalue weighted by molar-refractivity contribution is -0.143. The molecule has 1 atom stereocenters. The fraction of sp³-hybridized carbons (Fsp3) is 0.227. The van der Waals surface area contributed by atoms with Gasteiger partial charge < -0.3 is 14.7 Å². The summed E-state index contributed by atoms with van der Waals surface area (Å²) in [7, 11) is 0. The molecule has 1 fully saturated rings. The molecule has 1 unspecified atom stereocenters. The lowest BCUT2D eigenvalue weighted by Crippen LogP contribution is -2.38. The van der Waals surface area contributed by atoms with Crippen molar-refractivity contribution in [1.29, 1.82) is 0 Å². The van der Waals surface area contributed by atoms with Crippen molar-refractivity contribution in [2.75, 3.05) is 26.3 Å². The Balaban J connectivity index is 1.74. The van der Waals surface area contributed by atoms with Gasteiger partial charge in [-0.15, -0.1) is 0 Å². The largest absolute Gasteiger partial charge is 0.481 e. The number of nitrogens with zero attached hydrogens (tertiary/aromatic N) is 3. The van der Waals surface area contributed by atoms with Crippen LogP contribution in [0.4, 0.5) is 0 Å². The second-order valence-electron chi connectivity index (χ2n) is 6.89. The maximum absolute atomic E-state index is 13.4. The Morgan fingerprint density at radius 3 is 2.41 bits per heavy atom. The Labute approximate surface area is 168 Å². The molecule has 1 aromatic heterocycles. The van der Waals surface area contributed by atoms with Gasteiger partial charge in [-0.05, 0) is 18.2 Å². The van der Waals surface area contributed by atoms with Crippen molar-refractivity contribution in [3.8, 4) is 16.9 Å². The van der Waals surface area contributed by atoms with E-state index in [1.54, 1.807) is 10.7 Å². The van der Waals surface area contributed by atoms with Crippen LogP contribution < -0.4 is 0 Å². The Hall–Kier alpha value is -3.45. The van der Waals surface area contributed by atoms with E-state index in [-0.39, 0.29) is 19.1 Å². The van der Waals surface area contributed by atoms with Gasteiger partial charge in [0.05, 0.1) is 30.5 Å². The minimum Gasteiger partial charge on any atom is -0.481 e. The van der Waals surface area contributed by atoms with Crippen LogP contribution in [0.1, 0.15) is 10.5 Å². The van der Waals surface area contributed by atoms with E-state index in [2.05, 4.69) is 5.10 Å². The van der Waals surface area contributed by atoms with Crippen molar-refractivity contribution in [3.63, 3.8) is 0 Å². The number of ether oxygens (including phenoxy) is 1. The molecule has 1 saturated heterocycles. The second-order valence-corrected chi connectivity index (χ2v) is 6.89. The summed E-state index contributed by atoms with van der Waals surface area (Å²) in [6, 6.07) is 20.8. The number of para-hydroxylation sites is 1. The van der Waals surface area contributed by atoms with Gasteiger partial charge in [-0.2, -0.15) is 5.10 Å². The van der Waals surface area contributed by atoms with Crippen LogP contribution in [0.3, 0.4) is 0 Å². The minimum absolute atomic E-state index is 0.103. The monoisotopic (exact) mass is 391 g/mol. The maximum Gasteiger partial charge on any atom is 0.310 e. The first-order valence-electron chi connectivity index (χ1n) is 9.44. The van der Waals surface area contributed by atoms with Crippen LogP contribution in [0.15, 0.2) is 66.7 Å². The molecule has 2 heterocycles. The van der Waals surface area contributed by atoms with E-state index in [4.69, 9.17) is 4.74 Å². The first kappa shape index (κ1) is 18.9. The smallest absolute Gasteiger partial charge is 0.310 e. The van der Waals surface area contributed by atoms with Crippen LogP contribution in [0.5, 0.6) is 0 Å². The van der Waals surface area contributed by atoms with E-state index in [0.29, 0.717) is 24.5 Å². The number of aromatic nitrogens is 2. The third-order valence-electron chi connectivity index (χ3n) is 4.90. The highest BCUT2D eigenvalue weighted by Crippen LogP contribution is 2.23. The molecule has 1 amide bonds. The second kappa shape index (κ2) is 8.28. The highest BCUT2D eigenvalue weighted by atomic mass is 16.5. The highest BCUT2D eigenvalue weighted by Gasteiger charge is 2.30. The molecule has 0 aliphatic carbocycles. The molecule has 1 aliphatic heterocycles. The molecule has 0 radical (unpaired) electrons. The van der Waals surface area contributed by atoms with E-state index >= 15 is 0 Å². The molecule has 1 aliphatic rings. The third kappa shape index (κ3) is 4.05. The van der Waals surface area contributed by atoms with E-state index in [9.17, 15) is 14.7 Å². The van der Waals surface area contributed by atoms with Crippen LogP contribution in [0, 0.1) is 5.92 Å². The van der Waals surface area contributed by atoms with E-state index in [0.717, 1.165) is 11.3 Å². The molecule has 1 N–H and O–H groups in total. The first-order chi connectivity index (χ1) is 14.1. The molecular formula is C22H21N3O4. The summed E-state index contributed by atoms with van der Waals surface area (Å²) in [6.07, 6.45) is 0. The number of rotatable bonds is 4. The van der Waals surface area contributed by atoms with Gasteiger partial charge in [0.1, 0.15) is 5.69 Å². The molecule has 0 bridgehead atoms. The molecule has 2 aromatic carbocycles. The Bertz CT molecular complexity index is 1000. The van der Waals surface area contributed by atoms with Gasteiger partial charge in [-0.1, -0.05) is 48.5 Å². The summed E-state index contributed by atoms with van der Waals surface area (Å²) in [5.74, 6) is -1.98. The average Bonchev–Trinajstić information content (AvgIpc) is 3.05. The van der Waals surface area contributed by atoms with Crippen LogP contribution in [-0.2, 0) is 9.53 Å². The SMILES string of the molecule is O=C(O)C1COCCN(C(=O)c2cc(-c3ccccc3)nn2-c2ccccc2)C1. The average molecular weight is 391 g/mol. The van der Waals surface area contributed by atoms with Crippen LogP contribution in [0.2, 0.25) is 0 Å². The van der Waals surface area contributed by atoms with Gasteiger partial charge in [-0.3, -0.25) is 9.59 Å². The number of hydrogen-bond acceptors (Lipinski definition) is 4. The number of carbonyl (C=O) groups is 2. The van der Waals surface area contributed by atoms with Gasteiger partial charge >= 0.3 is 5.97 Å². The topological polar surface area (TPSA) is 84.7 Å². The summed E-state index contributed by atoms with van der Waals surface area (Å²) in [6.45, 7) is 0.852. The maximum atomic E-state index is 13.4. The summed E-state index contributed by atoms with van der Waals surface area (Å²) in [5, 5.41) is 14.0. The highest BCUT2D eigenvalue weighted by molar-refractivity contribution is 5.94. The zero-order chi connectivity index (χ0) is 20.2. The number of hydrogen-bond donors (Lipinski definition) is 1. The van der Waals surface area contributed by atoms with Crippen LogP contribution in [0.25, 0.3) is 16.9 Å². The molecular weight excluding hydrogens is 370 g/mol.